The number of H-pyrrole nitrogens is 1. The topological polar surface area (TPSA) is 104 Å². The molecule has 1 aromatic heterocycles. The summed E-state index contributed by atoms with van der Waals surface area (Å²) >= 11 is 0. The monoisotopic (exact) mass is 330 g/mol. The zero-order valence-electron chi connectivity index (χ0n) is 12.2. The lowest BCUT2D eigenvalue weighted by atomic mass is 10.2. The normalized spacial score (nSPS) is 11.5. The van der Waals surface area contributed by atoms with Gasteiger partial charge in [-0.2, -0.15) is 5.10 Å². The lowest BCUT2D eigenvalue weighted by Crippen LogP contribution is -2.18. The lowest BCUT2D eigenvalue weighted by molar-refractivity contribution is 0.102. The molecule has 0 fully saturated rings. The molecule has 8 heteroatoms. The van der Waals surface area contributed by atoms with Crippen molar-refractivity contribution in [3.05, 3.63) is 54.2 Å². The van der Waals surface area contributed by atoms with Crippen LogP contribution in [0.4, 0.5) is 5.69 Å². The van der Waals surface area contributed by atoms with Crippen LogP contribution in [0.3, 0.4) is 0 Å². The highest BCUT2D eigenvalue weighted by Crippen LogP contribution is 2.18. The largest absolute Gasteiger partial charge is 0.321 e. The van der Waals surface area contributed by atoms with E-state index in [0.717, 1.165) is 10.9 Å². The molecule has 3 N–H and O–H groups in total. The molecule has 0 saturated heterocycles. The Morgan fingerprint density at radius 1 is 1.09 bits per heavy atom. The van der Waals surface area contributed by atoms with Crippen LogP contribution >= 0.6 is 0 Å². The van der Waals surface area contributed by atoms with Gasteiger partial charge < -0.3 is 5.32 Å². The molecule has 0 saturated carbocycles. The molecule has 2 aromatic carbocycles. The third-order valence-electron chi connectivity index (χ3n) is 3.38. The third-order valence-corrected chi connectivity index (χ3v) is 4.81. The molecule has 0 aliphatic rings. The summed E-state index contributed by atoms with van der Waals surface area (Å²) in [7, 11) is -2.15. The average molecular weight is 330 g/mol. The Morgan fingerprint density at radius 3 is 2.48 bits per heavy atom. The summed E-state index contributed by atoms with van der Waals surface area (Å²) in [5.74, 6) is -0.369. The maximum absolute atomic E-state index is 12.3. The average Bonchev–Trinajstić information content (AvgIpc) is 2.99. The molecule has 0 radical (unpaired) electrons. The van der Waals surface area contributed by atoms with Gasteiger partial charge in [-0.15, -0.1) is 0 Å². The molecule has 0 unspecified atom stereocenters. The highest BCUT2D eigenvalue weighted by Gasteiger charge is 2.15. The first kappa shape index (κ1) is 15.2. The van der Waals surface area contributed by atoms with Crippen molar-refractivity contribution in [1.29, 1.82) is 0 Å². The second-order valence-electron chi connectivity index (χ2n) is 4.80. The number of nitrogens with zero attached hydrogens (tertiary/aromatic N) is 1. The number of nitrogens with one attached hydrogen (secondary N) is 3. The van der Waals surface area contributed by atoms with E-state index in [2.05, 4.69) is 20.2 Å². The van der Waals surface area contributed by atoms with Gasteiger partial charge in [-0.1, -0.05) is 18.2 Å². The number of aromatic amines is 1. The maximum atomic E-state index is 12.3. The first-order valence-corrected chi connectivity index (χ1v) is 8.27. The first-order valence-electron chi connectivity index (χ1n) is 6.79. The molecule has 0 bridgehead atoms. The van der Waals surface area contributed by atoms with Gasteiger partial charge in [0.25, 0.3) is 5.91 Å². The van der Waals surface area contributed by atoms with Gasteiger partial charge in [-0.3, -0.25) is 9.89 Å². The summed E-state index contributed by atoms with van der Waals surface area (Å²) in [6.45, 7) is 0. The summed E-state index contributed by atoms with van der Waals surface area (Å²) < 4.78 is 25.5. The predicted octanol–water partition coefficient (Wildman–Crippen LogP) is 1.72. The van der Waals surface area contributed by atoms with E-state index in [1.54, 1.807) is 6.07 Å². The van der Waals surface area contributed by atoms with E-state index in [4.69, 9.17) is 0 Å². The number of rotatable bonds is 4. The molecule has 3 aromatic rings. The number of fused-ring (bicyclic) bond motifs is 1. The van der Waals surface area contributed by atoms with Gasteiger partial charge in [0.05, 0.1) is 10.4 Å². The Balaban J connectivity index is 1.83. The van der Waals surface area contributed by atoms with Crippen LogP contribution in [-0.2, 0) is 10.0 Å². The zero-order chi connectivity index (χ0) is 16.4. The maximum Gasteiger partial charge on any atom is 0.276 e. The summed E-state index contributed by atoms with van der Waals surface area (Å²) in [4.78, 5) is 12.4. The molecule has 0 atom stereocenters. The van der Waals surface area contributed by atoms with Crippen LogP contribution in [0.25, 0.3) is 10.9 Å². The van der Waals surface area contributed by atoms with Crippen LogP contribution in [0, 0.1) is 0 Å². The van der Waals surface area contributed by atoms with Crippen molar-refractivity contribution in [3.8, 4) is 0 Å². The smallest absolute Gasteiger partial charge is 0.276 e. The number of benzene rings is 2. The fourth-order valence-electron chi connectivity index (χ4n) is 2.16. The molecular weight excluding hydrogens is 316 g/mol. The van der Waals surface area contributed by atoms with Crippen molar-refractivity contribution in [2.45, 2.75) is 4.90 Å². The third kappa shape index (κ3) is 2.94. The number of sulfonamides is 1. The van der Waals surface area contributed by atoms with E-state index < -0.39 is 10.0 Å². The predicted molar refractivity (Wildman–Crippen MR) is 86.7 cm³/mol. The van der Waals surface area contributed by atoms with Gasteiger partial charge in [-0.25, -0.2) is 13.1 Å². The minimum Gasteiger partial charge on any atom is -0.321 e. The molecule has 0 spiro atoms. The van der Waals surface area contributed by atoms with Crippen molar-refractivity contribution >= 4 is 32.5 Å². The number of hydrogen-bond donors (Lipinski definition) is 3. The van der Waals surface area contributed by atoms with E-state index in [-0.39, 0.29) is 16.5 Å². The van der Waals surface area contributed by atoms with E-state index >= 15 is 0 Å². The number of amides is 1. The quantitative estimate of drug-likeness (QED) is 0.677. The number of carbonyl (C=O) groups excluding carboxylic acids is 1. The molecule has 0 aliphatic carbocycles. The standard InChI is InChI=1S/C15H14N4O3S/c1-16-23(21,22)11-8-6-10(7-9-11)17-15(20)14-12-4-2-3-5-13(12)18-19-14/h2-9,16H,1H3,(H,17,20)(H,18,19). The fourth-order valence-corrected chi connectivity index (χ4v) is 2.89. The van der Waals surface area contributed by atoms with E-state index in [1.165, 1.54) is 31.3 Å². The molecule has 7 nitrogen and oxygen atoms in total. The summed E-state index contributed by atoms with van der Waals surface area (Å²) in [6.07, 6.45) is 0. The lowest BCUT2D eigenvalue weighted by Gasteiger charge is -2.06. The van der Waals surface area contributed by atoms with Crippen molar-refractivity contribution in [2.75, 3.05) is 12.4 Å². The second kappa shape index (κ2) is 5.82. The molecule has 118 valence electrons. The van der Waals surface area contributed by atoms with Crippen molar-refractivity contribution < 1.29 is 13.2 Å². The Bertz CT molecular complexity index is 962. The minimum atomic E-state index is -3.50. The van der Waals surface area contributed by atoms with Crippen LogP contribution in [0.5, 0.6) is 0 Å². The van der Waals surface area contributed by atoms with Crippen LogP contribution < -0.4 is 10.0 Å². The summed E-state index contributed by atoms with van der Waals surface area (Å²) in [6, 6.07) is 13.2. The van der Waals surface area contributed by atoms with Gasteiger partial charge in [0.2, 0.25) is 10.0 Å². The van der Waals surface area contributed by atoms with E-state index in [0.29, 0.717) is 5.69 Å². The highest BCUT2D eigenvalue weighted by molar-refractivity contribution is 7.89. The van der Waals surface area contributed by atoms with Crippen LogP contribution in [-0.4, -0.2) is 31.6 Å². The number of para-hydroxylation sites is 1. The van der Waals surface area contributed by atoms with Gasteiger partial charge in [0.1, 0.15) is 0 Å². The van der Waals surface area contributed by atoms with Crippen LogP contribution in [0.1, 0.15) is 10.5 Å². The molecule has 3 rings (SSSR count). The highest BCUT2D eigenvalue weighted by atomic mass is 32.2. The zero-order valence-corrected chi connectivity index (χ0v) is 13.0. The van der Waals surface area contributed by atoms with Crippen LogP contribution in [0.2, 0.25) is 0 Å². The van der Waals surface area contributed by atoms with Gasteiger partial charge in [-0.05, 0) is 37.4 Å². The van der Waals surface area contributed by atoms with Crippen molar-refractivity contribution in [3.63, 3.8) is 0 Å². The summed E-state index contributed by atoms with van der Waals surface area (Å²) in [5, 5.41) is 10.2. The Labute approximate surface area is 132 Å². The Hall–Kier alpha value is -2.71. The molecule has 1 heterocycles. The first-order chi connectivity index (χ1) is 11.0. The molecule has 1 amide bonds. The van der Waals surface area contributed by atoms with E-state index in [9.17, 15) is 13.2 Å². The SMILES string of the molecule is CNS(=O)(=O)c1ccc(NC(=O)c2n[nH]c3ccccc23)cc1. The molecule has 0 aliphatic heterocycles. The minimum absolute atomic E-state index is 0.128. The number of carbonyl (C=O) groups is 1. The second-order valence-corrected chi connectivity index (χ2v) is 6.69. The van der Waals surface area contributed by atoms with Crippen molar-refractivity contribution in [1.82, 2.24) is 14.9 Å². The summed E-state index contributed by atoms with van der Waals surface area (Å²) in [5.41, 5.74) is 1.54. The Kier molecular flexibility index (Phi) is 3.85. The van der Waals surface area contributed by atoms with Gasteiger partial charge in [0, 0.05) is 11.1 Å². The van der Waals surface area contributed by atoms with Gasteiger partial charge >= 0.3 is 0 Å². The molecule has 23 heavy (non-hydrogen) atoms. The van der Waals surface area contributed by atoms with Crippen LogP contribution in [0.15, 0.2) is 53.4 Å². The fraction of sp³-hybridized carbons (Fsp3) is 0.0667. The van der Waals surface area contributed by atoms with E-state index in [1.807, 2.05) is 18.2 Å². The van der Waals surface area contributed by atoms with Crippen molar-refractivity contribution in [2.24, 2.45) is 0 Å². The van der Waals surface area contributed by atoms with Gasteiger partial charge in [0.15, 0.2) is 5.69 Å². The number of anilines is 1. The Morgan fingerprint density at radius 2 is 1.78 bits per heavy atom. The molecular formula is C15H14N4O3S. The number of aromatic nitrogens is 2. The number of hydrogen-bond acceptors (Lipinski definition) is 4.